The van der Waals surface area contributed by atoms with Crippen LogP contribution >= 0.6 is 0 Å². The molecule has 23 heavy (non-hydrogen) atoms. The van der Waals surface area contributed by atoms with Gasteiger partial charge >= 0.3 is 46.9 Å². The van der Waals surface area contributed by atoms with E-state index in [9.17, 15) is 34.7 Å². The van der Waals surface area contributed by atoms with Crippen LogP contribution in [-0.2, 0) is 20.2 Å². The molecule has 0 bridgehead atoms. The third-order valence-corrected chi connectivity index (χ3v) is 3.95. The van der Waals surface area contributed by atoms with Crippen LogP contribution in [0.1, 0.15) is 0 Å². The van der Waals surface area contributed by atoms with Gasteiger partial charge < -0.3 is 9.11 Å². The van der Waals surface area contributed by atoms with E-state index in [-0.39, 0.29) is 46.9 Å². The molecular weight excluding hydrogens is 515 g/mol. The van der Waals surface area contributed by atoms with E-state index < -0.39 is 41.7 Å². The van der Waals surface area contributed by atoms with E-state index in [1.54, 1.807) is 0 Å². The number of hydrogen-bond acceptors (Lipinski definition) is 6. The summed E-state index contributed by atoms with van der Waals surface area (Å²) in [5, 5.41) is 0. The zero-order chi connectivity index (χ0) is 17.0. The maximum absolute atomic E-state index is 12.5. The van der Waals surface area contributed by atoms with Crippen molar-refractivity contribution in [1.29, 1.82) is 0 Å². The van der Waals surface area contributed by atoms with Crippen molar-refractivity contribution in [3.8, 4) is 0 Å². The molecule has 0 unspecified atom stereocenters. The molecule has 0 fully saturated rings. The monoisotopic (exact) mass is 524 g/mol. The quantitative estimate of drug-likeness (QED) is 0.551. The first kappa shape index (κ1) is 22.6. The van der Waals surface area contributed by atoms with Gasteiger partial charge in [0.15, 0.2) is 0 Å². The molecular formula is C12H8F2O6S2Yb. The fourth-order valence-corrected chi connectivity index (χ4v) is 2.40. The molecule has 0 aliphatic carbocycles. The molecule has 0 heterocycles. The van der Waals surface area contributed by atoms with E-state index in [4.69, 9.17) is 0 Å². The van der Waals surface area contributed by atoms with Crippen molar-refractivity contribution in [2.24, 2.45) is 0 Å². The molecule has 0 spiro atoms. The Morgan fingerprint density at radius 1 is 0.652 bits per heavy atom. The van der Waals surface area contributed by atoms with Gasteiger partial charge in [-0.3, -0.25) is 0 Å². The largest absolute Gasteiger partial charge is 2.00 e. The average Bonchev–Trinajstić information content (AvgIpc) is 2.37. The topological polar surface area (TPSA) is 114 Å². The van der Waals surface area contributed by atoms with Crippen LogP contribution in [0.2, 0.25) is 0 Å². The van der Waals surface area contributed by atoms with Crippen LogP contribution in [-0.4, -0.2) is 25.9 Å². The van der Waals surface area contributed by atoms with Crippen molar-refractivity contribution < 1.29 is 81.6 Å². The van der Waals surface area contributed by atoms with Crippen LogP contribution in [0.3, 0.4) is 0 Å². The Morgan fingerprint density at radius 3 is 1.09 bits per heavy atom. The minimum absolute atomic E-state index is 0. The molecule has 6 nitrogen and oxygen atoms in total. The van der Waals surface area contributed by atoms with Crippen LogP contribution in [0.15, 0.2) is 58.3 Å². The molecule has 0 N–H and O–H groups in total. The first-order valence-electron chi connectivity index (χ1n) is 5.44. The van der Waals surface area contributed by atoms with E-state index in [1.165, 1.54) is 24.3 Å². The molecule has 0 aromatic heterocycles. The van der Waals surface area contributed by atoms with Gasteiger partial charge in [-0.1, -0.05) is 24.3 Å². The molecule has 11 heteroatoms. The molecule has 132 valence electrons. The number of rotatable bonds is 2. The average molecular weight is 523 g/mol. The van der Waals surface area contributed by atoms with E-state index >= 15 is 0 Å². The third kappa shape index (κ3) is 7.38. The molecule has 0 aliphatic rings. The van der Waals surface area contributed by atoms with Gasteiger partial charge in [-0.25, -0.2) is 25.6 Å². The molecule has 0 saturated heterocycles. The van der Waals surface area contributed by atoms with Gasteiger partial charge in [0.1, 0.15) is 31.9 Å². The zero-order valence-corrected chi connectivity index (χ0v) is 14.3. The molecule has 0 aliphatic heterocycles. The second kappa shape index (κ2) is 9.21. The summed E-state index contributed by atoms with van der Waals surface area (Å²) >= 11 is 0. The van der Waals surface area contributed by atoms with Gasteiger partial charge in [0.05, 0.1) is 9.79 Å². The predicted octanol–water partition coefficient (Wildman–Crippen LogP) is 1.46. The van der Waals surface area contributed by atoms with Gasteiger partial charge in [-0.15, -0.1) is 0 Å². The number of benzene rings is 2. The molecule has 0 atom stereocenters. The third-order valence-electron chi connectivity index (χ3n) is 2.21. The molecule has 2 rings (SSSR count). The summed E-state index contributed by atoms with van der Waals surface area (Å²) in [5.41, 5.74) is 0. The molecule has 0 radical (unpaired) electrons. The summed E-state index contributed by atoms with van der Waals surface area (Å²) in [4.78, 5) is -1.61. The summed E-state index contributed by atoms with van der Waals surface area (Å²) in [6, 6.07) is 8.89. The molecule has 0 amide bonds. The first-order chi connectivity index (χ1) is 10.0. The van der Waals surface area contributed by atoms with E-state index in [0.717, 1.165) is 24.3 Å². The van der Waals surface area contributed by atoms with Crippen molar-refractivity contribution in [2.75, 3.05) is 0 Å². The molecule has 2 aromatic rings. The van der Waals surface area contributed by atoms with Crippen LogP contribution in [0, 0.1) is 58.6 Å². The smallest absolute Gasteiger partial charge is 0.744 e. The predicted molar refractivity (Wildman–Crippen MR) is 68.7 cm³/mol. The maximum atomic E-state index is 12.5. The van der Waals surface area contributed by atoms with Crippen molar-refractivity contribution in [3.63, 3.8) is 0 Å². The molecule has 0 saturated carbocycles. The Bertz CT molecular complexity index is 795. The Kier molecular flexibility index (Phi) is 9.06. The van der Waals surface area contributed by atoms with E-state index in [2.05, 4.69) is 0 Å². The Labute approximate surface area is 170 Å². The first-order valence-corrected chi connectivity index (χ1v) is 8.26. The maximum Gasteiger partial charge on any atom is 2.00 e. The van der Waals surface area contributed by atoms with Gasteiger partial charge in [0.25, 0.3) is 0 Å². The summed E-state index contributed by atoms with van der Waals surface area (Å²) < 4.78 is 86.6. The Balaban J connectivity index is 0.000000403. The zero-order valence-electron chi connectivity index (χ0n) is 10.9. The summed E-state index contributed by atoms with van der Waals surface area (Å²) in [6.45, 7) is 0. The normalized spacial score (nSPS) is 11.0. The Morgan fingerprint density at radius 2 is 0.913 bits per heavy atom. The van der Waals surface area contributed by atoms with Gasteiger partial charge in [-0.2, -0.15) is 0 Å². The van der Waals surface area contributed by atoms with E-state index in [1.807, 2.05) is 0 Å². The van der Waals surface area contributed by atoms with Crippen LogP contribution < -0.4 is 0 Å². The van der Waals surface area contributed by atoms with Crippen molar-refractivity contribution >= 4 is 20.2 Å². The summed E-state index contributed by atoms with van der Waals surface area (Å²) in [7, 11) is -9.32. The number of halogens is 2. The second-order valence-electron chi connectivity index (χ2n) is 3.77. The van der Waals surface area contributed by atoms with Gasteiger partial charge in [-0.05, 0) is 24.3 Å². The van der Waals surface area contributed by atoms with Gasteiger partial charge in [0.2, 0.25) is 0 Å². The SMILES string of the molecule is O=S(=O)([O-])c1ccccc1F.O=S(=O)([O-])c1ccccc1F.[Yb+2]. The van der Waals surface area contributed by atoms with Crippen molar-refractivity contribution in [1.82, 2.24) is 0 Å². The van der Waals surface area contributed by atoms with E-state index in [0.29, 0.717) is 0 Å². The summed E-state index contributed by atoms with van der Waals surface area (Å²) in [6.07, 6.45) is 0. The van der Waals surface area contributed by atoms with Crippen LogP contribution in [0.25, 0.3) is 0 Å². The van der Waals surface area contributed by atoms with Crippen molar-refractivity contribution in [2.45, 2.75) is 9.79 Å². The molecule has 2 aromatic carbocycles. The van der Waals surface area contributed by atoms with Crippen molar-refractivity contribution in [3.05, 3.63) is 60.2 Å². The summed E-state index contributed by atoms with van der Waals surface area (Å²) in [5.74, 6) is -2.02. The Hall–Kier alpha value is -0.361. The minimum atomic E-state index is -4.66. The fraction of sp³-hybridized carbons (Fsp3) is 0. The van der Waals surface area contributed by atoms with Crippen LogP contribution in [0.5, 0.6) is 0 Å². The number of hydrogen-bond donors (Lipinski definition) is 0. The van der Waals surface area contributed by atoms with Crippen LogP contribution in [0.4, 0.5) is 8.78 Å². The minimum Gasteiger partial charge on any atom is -0.744 e. The second-order valence-corrected chi connectivity index (χ2v) is 6.47. The standard InChI is InChI=1S/2C6H5FO3S.Yb/c2*7-5-3-1-2-4-6(5)11(8,9)10;/h2*1-4H,(H,8,9,10);/q;;+2/p-2. The van der Waals surface area contributed by atoms with Gasteiger partial charge in [0, 0.05) is 0 Å². The fourth-order valence-electron chi connectivity index (χ4n) is 1.29.